The summed E-state index contributed by atoms with van der Waals surface area (Å²) < 4.78 is 0. The maximum Gasteiger partial charge on any atom is 0.328 e. The lowest BCUT2D eigenvalue weighted by Crippen LogP contribution is -1.88. The van der Waals surface area contributed by atoms with E-state index in [1.165, 1.54) is 18.2 Å². The molecular formula is C9H11NO3. The Labute approximate surface area is 75.7 Å². The van der Waals surface area contributed by atoms with Crippen LogP contribution in [0.3, 0.4) is 0 Å². The van der Waals surface area contributed by atoms with E-state index in [4.69, 9.17) is 5.11 Å². The van der Waals surface area contributed by atoms with Crippen molar-refractivity contribution in [3.05, 3.63) is 35.9 Å². The number of aliphatic carboxylic acids is 1. The standard InChI is InChI=1S/C9H8O3.H3N/c10-8-4-1-7(2-5-8)3-6-9(11)12;/h1-6,10H,(H,11,12);1H3/b6-3-;. The third-order valence-electron chi connectivity index (χ3n) is 1.30. The average molecular weight is 181 g/mol. The van der Waals surface area contributed by atoms with E-state index in [1.54, 1.807) is 12.1 Å². The van der Waals surface area contributed by atoms with Gasteiger partial charge >= 0.3 is 5.97 Å². The predicted molar refractivity (Wildman–Crippen MR) is 48.5 cm³/mol. The van der Waals surface area contributed by atoms with Gasteiger partial charge in [-0.1, -0.05) is 24.3 Å². The van der Waals surface area contributed by atoms with Gasteiger partial charge in [-0.2, -0.15) is 0 Å². The van der Waals surface area contributed by atoms with Crippen LogP contribution in [0.5, 0.6) is 5.75 Å². The summed E-state index contributed by atoms with van der Waals surface area (Å²) in [4.78, 5) is 10.1. The molecule has 0 bridgehead atoms. The van der Waals surface area contributed by atoms with Gasteiger partial charge in [0.05, 0.1) is 0 Å². The molecule has 1 rings (SSSR count). The van der Waals surface area contributed by atoms with E-state index < -0.39 is 5.97 Å². The lowest BCUT2D eigenvalue weighted by atomic mass is 10.2. The summed E-state index contributed by atoms with van der Waals surface area (Å²) in [5.74, 6) is -1.08. The van der Waals surface area contributed by atoms with Crippen molar-refractivity contribution in [3.8, 4) is 5.75 Å². The van der Waals surface area contributed by atoms with Crippen molar-refractivity contribution in [1.29, 1.82) is 0 Å². The summed E-state index contributed by atoms with van der Waals surface area (Å²) in [5, 5.41) is 18.9. The van der Waals surface area contributed by atoms with Gasteiger partial charge in [-0.3, -0.25) is 0 Å². The van der Waals surface area contributed by atoms with E-state index in [9.17, 15) is 9.90 Å². The number of carboxylic acid groups (broad SMARTS) is 1. The van der Waals surface area contributed by atoms with Crippen LogP contribution < -0.4 is 11.3 Å². The molecule has 0 aliphatic heterocycles. The fourth-order valence-electron chi connectivity index (χ4n) is 0.746. The largest absolute Gasteiger partial charge is 0.872 e. The van der Waals surface area contributed by atoms with Gasteiger partial charge in [-0.05, 0) is 11.6 Å². The monoisotopic (exact) mass is 181 g/mol. The van der Waals surface area contributed by atoms with E-state index in [-0.39, 0.29) is 11.9 Å². The van der Waals surface area contributed by atoms with Crippen molar-refractivity contribution in [1.82, 2.24) is 6.15 Å². The molecule has 0 unspecified atom stereocenters. The molecular weight excluding hydrogens is 170 g/mol. The van der Waals surface area contributed by atoms with Crippen LogP contribution in [-0.4, -0.2) is 11.1 Å². The van der Waals surface area contributed by atoms with Crippen LogP contribution in [0.25, 0.3) is 6.08 Å². The minimum absolute atomic E-state index is 0. The quantitative estimate of drug-likeness (QED) is 0.671. The van der Waals surface area contributed by atoms with Crippen molar-refractivity contribution in [2.75, 3.05) is 0 Å². The van der Waals surface area contributed by atoms with E-state index in [0.717, 1.165) is 6.08 Å². The second-order valence-electron chi connectivity index (χ2n) is 2.24. The summed E-state index contributed by atoms with van der Waals surface area (Å²) in [7, 11) is 0. The smallest absolute Gasteiger partial charge is 0.328 e. The highest BCUT2D eigenvalue weighted by Gasteiger charge is 1.86. The van der Waals surface area contributed by atoms with E-state index in [0.29, 0.717) is 5.56 Å². The fourth-order valence-corrected chi connectivity index (χ4v) is 0.746. The second-order valence-corrected chi connectivity index (χ2v) is 2.24. The van der Waals surface area contributed by atoms with Gasteiger partial charge in [0.25, 0.3) is 0 Å². The third kappa shape index (κ3) is 3.93. The van der Waals surface area contributed by atoms with Gasteiger partial charge in [0.15, 0.2) is 0 Å². The Morgan fingerprint density at radius 3 is 2.31 bits per heavy atom. The summed E-state index contributed by atoms with van der Waals surface area (Å²) in [5.41, 5.74) is 0.706. The molecule has 1 aromatic carbocycles. The maximum atomic E-state index is 10.6. The third-order valence-corrected chi connectivity index (χ3v) is 1.30. The van der Waals surface area contributed by atoms with Gasteiger partial charge in [0, 0.05) is 6.08 Å². The molecule has 0 amide bonds. The van der Waals surface area contributed by atoms with Crippen LogP contribution in [0.15, 0.2) is 30.3 Å². The summed E-state index contributed by atoms with van der Waals surface area (Å²) >= 11 is 0. The van der Waals surface area contributed by atoms with Crippen LogP contribution in [0.1, 0.15) is 5.56 Å². The molecule has 0 saturated carbocycles. The van der Waals surface area contributed by atoms with Gasteiger partial charge < -0.3 is 16.4 Å². The number of quaternary nitrogens is 1. The molecule has 0 spiro atoms. The van der Waals surface area contributed by atoms with Gasteiger partial charge in [-0.25, -0.2) is 4.79 Å². The molecule has 0 saturated heterocycles. The van der Waals surface area contributed by atoms with Crippen LogP contribution in [0.4, 0.5) is 0 Å². The summed E-state index contributed by atoms with van der Waals surface area (Å²) in [6.45, 7) is 0. The Balaban J connectivity index is 0.00000144. The molecule has 0 aliphatic rings. The Hall–Kier alpha value is -1.81. The van der Waals surface area contributed by atoms with Crippen molar-refractivity contribution < 1.29 is 15.0 Å². The predicted octanol–water partition coefficient (Wildman–Crippen LogP) is 1.23. The first-order valence-electron chi connectivity index (χ1n) is 3.36. The minimum atomic E-state index is -0.999. The highest BCUT2D eigenvalue weighted by atomic mass is 16.4. The molecule has 1 aromatic rings. The molecule has 4 heteroatoms. The van der Waals surface area contributed by atoms with Crippen LogP contribution in [0.2, 0.25) is 0 Å². The molecule has 5 N–H and O–H groups in total. The van der Waals surface area contributed by atoms with Crippen LogP contribution >= 0.6 is 0 Å². The molecule has 0 heterocycles. The number of hydrogen-bond donors (Lipinski definition) is 2. The van der Waals surface area contributed by atoms with Crippen molar-refractivity contribution >= 4 is 12.0 Å². The number of rotatable bonds is 2. The van der Waals surface area contributed by atoms with E-state index in [1.807, 2.05) is 0 Å². The van der Waals surface area contributed by atoms with Gasteiger partial charge in [-0.15, -0.1) is 5.75 Å². The summed E-state index contributed by atoms with van der Waals surface area (Å²) in [6, 6.07) is 5.92. The SMILES string of the molecule is O=C(O)/C=C\c1ccc([O-])cc1.[NH4+]. The Morgan fingerprint density at radius 1 is 1.31 bits per heavy atom. The van der Waals surface area contributed by atoms with Crippen LogP contribution in [0, 0.1) is 0 Å². The molecule has 0 fully saturated rings. The van der Waals surface area contributed by atoms with E-state index >= 15 is 0 Å². The molecule has 70 valence electrons. The zero-order chi connectivity index (χ0) is 8.97. The fraction of sp³-hybridized carbons (Fsp3) is 0. The lowest BCUT2D eigenvalue weighted by molar-refractivity contribution is -0.268. The molecule has 0 aromatic heterocycles. The minimum Gasteiger partial charge on any atom is -0.872 e. The van der Waals surface area contributed by atoms with Gasteiger partial charge in [0.2, 0.25) is 0 Å². The zero-order valence-electron chi connectivity index (χ0n) is 7.23. The first-order chi connectivity index (χ1) is 5.68. The number of carbonyl (C=O) groups is 1. The maximum absolute atomic E-state index is 10.6. The average Bonchev–Trinajstić information content (AvgIpc) is 2.03. The Bertz CT molecular complexity index is 303. The number of benzene rings is 1. The Morgan fingerprint density at radius 2 is 1.85 bits per heavy atom. The van der Waals surface area contributed by atoms with Crippen molar-refractivity contribution in [3.63, 3.8) is 0 Å². The molecule has 0 atom stereocenters. The van der Waals surface area contributed by atoms with Crippen LogP contribution in [-0.2, 0) is 4.79 Å². The van der Waals surface area contributed by atoms with Crippen molar-refractivity contribution in [2.24, 2.45) is 0 Å². The van der Waals surface area contributed by atoms with E-state index in [2.05, 4.69) is 0 Å². The molecule has 4 nitrogen and oxygen atoms in total. The zero-order valence-corrected chi connectivity index (χ0v) is 7.23. The highest BCUT2D eigenvalue weighted by molar-refractivity contribution is 5.85. The lowest BCUT2D eigenvalue weighted by Gasteiger charge is -2.02. The number of hydrogen-bond acceptors (Lipinski definition) is 2. The first-order valence-corrected chi connectivity index (χ1v) is 3.36. The Kier molecular flexibility index (Phi) is 4.26. The molecule has 0 radical (unpaired) electrons. The second kappa shape index (κ2) is 4.95. The topological polar surface area (TPSA) is 96.9 Å². The normalized spacial score (nSPS) is 9.54. The highest BCUT2D eigenvalue weighted by Crippen LogP contribution is 2.07. The van der Waals surface area contributed by atoms with Crippen molar-refractivity contribution in [2.45, 2.75) is 0 Å². The molecule has 13 heavy (non-hydrogen) atoms. The number of carboxylic acids is 1. The first kappa shape index (κ1) is 11.2. The van der Waals surface area contributed by atoms with Gasteiger partial charge in [0.1, 0.15) is 0 Å². The summed E-state index contributed by atoms with van der Waals surface area (Å²) in [6.07, 6.45) is 2.46. The molecule has 0 aliphatic carbocycles.